The zero-order chi connectivity index (χ0) is 43.8. The summed E-state index contributed by atoms with van der Waals surface area (Å²) in [4.78, 5) is 59.9. The number of fused-ring (bicyclic) bond motifs is 6. The van der Waals surface area contributed by atoms with E-state index in [1.165, 1.54) is 14.2 Å². The number of hydrogen-bond acceptors (Lipinski definition) is 10. The second-order valence-corrected chi connectivity index (χ2v) is 17.2. The van der Waals surface area contributed by atoms with Crippen LogP contribution in [0.15, 0.2) is 79.0 Å². The lowest BCUT2D eigenvalue weighted by Crippen LogP contribution is -2.51. The van der Waals surface area contributed by atoms with E-state index >= 15 is 0 Å². The van der Waals surface area contributed by atoms with Crippen molar-refractivity contribution >= 4 is 39.9 Å². The molecule has 4 aromatic carbocycles. The van der Waals surface area contributed by atoms with Gasteiger partial charge in [0.15, 0.2) is 0 Å². The predicted octanol–water partition coefficient (Wildman–Crippen LogP) is 7.82. The number of carbonyl (C=O) groups excluding carboxylic acids is 3. The van der Waals surface area contributed by atoms with Crippen LogP contribution in [0.5, 0.6) is 5.75 Å². The van der Waals surface area contributed by atoms with Gasteiger partial charge in [-0.15, -0.1) is 0 Å². The van der Waals surface area contributed by atoms with Crippen LogP contribution in [0, 0.1) is 11.8 Å². The van der Waals surface area contributed by atoms with Gasteiger partial charge in [-0.1, -0.05) is 62.4 Å². The van der Waals surface area contributed by atoms with Crippen molar-refractivity contribution in [3.63, 3.8) is 0 Å². The van der Waals surface area contributed by atoms with Crippen molar-refractivity contribution in [2.75, 3.05) is 47.6 Å². The number of carbonyl (C=O) groups is 3. The number of alkyl carbamates (subject to hydrolysis) is 2. The monoisotopic (exact) mass is 854 g/mol. The highest BCUT2D eigenvalue weighted by Gasteiger charge is 2.41. The number of imidazole rings is 2. The van der Waals surface area contributed by atoms with E-state index in [0.29, 0.717) is 38.5 Å². The molecule has 2 saturated heterocycles. The van der Waals surface area contributed by atoms with Crippen LogP contribution in [0.3, 0.4) is 0 Å². The molecular formula is C48H54N8O7. The highest BCUT2D eigenvalue weighted by atomic mass is 16.5. The van der Waals surface area contributed by atoms with Crippen molar-refractivity contribution < 1.29 is 33.3 Å². The first kappa shape index (κ1) is 41.9. The Balaban J connectivity index is 0.956. The minimum absolute atomic E-state index is 0.0683. The second kappa shape index (κ2) is 17.7. The first-order valence-corrected chi connectivity index (χ1v) is 21.7. The fourth-order valence-electron chi connectivity index (χ4n) is 9.65. The summed E-state index contributed by atoms with van der Waals surface area (Å²) in [7, 11) is 4.34. The van der Waals surface area contributed by atoms with Gasteiger partial charge >= 0.3 is 12.2 Å². The summed E-state index contributed by atoms with van der Waals surface area (Å²) in [6.07, 6.45) is 3.37. The van der Waals surface area contributed by atoms with Crippen LogP contribution in [-0.4, -0.2) is 101 Å². The Morgan fingerprint density at radius 1 is 0.905 bits per heavy atom. The zero-order valence-corrected chi connectivity index (χ0v) is 36.3. The number of aromatic nitrogens is 4. The number of methoxy groups -OCH3 is 3. The molecule has 9 rings (SSSR count). The van der Waals surface area contributed by atoms with E-state index < -0.39 is 18.2 Å². The normalized spacial score (nSPS) is 19.4. The van der Waals surface area contributed by atoms with Gasteiger partial charge in [0, 0.05) is 37.1 Å². The third kappa shape index (κ3) is 8.30. The molecule has 0 bridgehead atoms. The first-order chi connectivity index (χ1) is 30.6. The van der Waals surface area contributed by atoms with E-state index in [9.17, 15) is 14.4 Å². The number of rotatable bonds is 12. The van der Waals surface area contributed by atoms with Gasteiger partial charge in [0.05, 0.1) is 61.9 Å². The summed E-state index contributed by atoms with van der Waals surface area (Å²) in [5, 5.41) is 7.85. The lowest BCUT2D eigenvalue weighted by molar-refractivity contribution is -0.135. The third-order valence-corrected chi connectivity index (χ3v) is 12.8. The summed E-state index contributed by atoms with van der Waals surface area (Å²) in [5.74, 6) is 2.19. The summed E-state index contributed by atoms with van der Waals surface area (Å²) in [6.45, 7) is 6.72. The lowest BCUT2D eigenvalue weighted by Gasteiger charge is -2.30. The molecule has 0 radical (unpaired) electrons. The molecule has 15 heteroatoms. The third-order valence-electron chi connectivity index (χ3n) is 12.8. The Bertz CT molecular complexity index is 2640. The van der Waals surface area contributed by atoms with Gasteiger partial charge in [0.2, 0.25) is 5.91 Å². The van der Waals surface area contributed by atoms with Crippen LogP contribution in [0.1, 0.15) is 74.0 Å². The molecule has 4 N–H and O–H groups in total. The molecule has 0 saturated carbocycles. The van der Waals surface area contributed by atoms with Gasteiger partial charge in [0.1, 0.15) is 30.0 Å². The number of aromatic amines is 2. The Labute approximate surface area is 365 Å². The quantitative estimate of drug-likeness (QED) is 0.0950. The molecule has 15 nitrogen and oxygen atoms in total. The molecule has 3 aliphatic rings. The van der Waals surface area contributed by atoms with E-state index in [1.807, 2.05) is 55.3 Å². The fraction of sp³-hybridized carbons (Fsp3) is 0.396. The maximum Gasteiger partial charge on any atom is 0.407 e. The average Bonchev–Trinajstić information content (AvgIpc) is 4.14. The standard InChI is InChI=1S/C48H54N8O7/c1-27(2)42(54-48(59)62-5)46(57)56-23-28(25-60-3)18-40(56)44-49-22-37(51-44)31-13-15-33-32(19-31)26-63-41-21-34-30(20-35(33)41)14-16-36-43(34)53-45(50-36)39-12-9-17-55(39)24-38(52-47(58)61-4)29-10-7-6-8-11-29/h6-8,10-11,13-16,19-22,27-28,38-40,42H,9,12,17-18,23-26H2,1-5H3,(H,49,51)(H,50,53)(H,52,58)(H,54,59)/t28-,38-,39-,40-,42-/m0/s1. The SMILES string of the molecule is COC[C@H]1C[C@@H](c2ncc(-c3ccc4c(c3)COc3cc5c(ccc6[nH]c([C@@H]7CCCN7C[C@H](NC(=O)OC)c7ccccc7)nc65)cc3-4)[nH]2)N(C(=O)[C@@H](NC(=O)OC)C(C)C)C1. The van der Waals surface area contributed by atoms with Crippen molar-refractivity contribution in [3.05, 3.63) is 102 Å². The van der Waals surface area contributed by atoms with Crippen molar-refractivity contribution in [3.8, 4) is 28.1 Å². The average molecular weight is 855 g/mol. The van der Waals surface area contributed by atoms with Crippen LogP contribution in [0.2, 0.25) is 0 Å². The molecule has 5 atom stereocenters. The van der Waals surface area contributed by atoms with E-state index in [1.54, 1.807) is 7.11 Å². The van der Waals surface area contributed by atoms with E-state index in [0.717, 1.165) is 86.3 Å². The number of nitrogens with zero attached hydrogens (tertiary/aromatic N) is 4. The Morgan fingerprint density at radius 2 is 1.71 bits per heavy atom. The van der Waals surface area contributed by atoms with Gasteiger partial charge in [-0.2, -0.15) is 0 Å². The highest BCUT2D eigenvalue weighted by molar-refractivity contribution is 6.07. The number of hydrogen-bond donors (Lipinski definition) is 4. The summed E-state index contributed by atoms with van der Waals surface area (Å²) in [5.41, 5.74) is 7.86. The largest absolute Gasteiger partial charge is 0.488 e. The molecular weight excluding hydrogens is 801 g/mol. The maximum absolute atomic E-state index is 14.0. The zero-order valence-electron chi connectivity index (χ0n) is 36.3. The molecule has 3 amide bonds. The van der Waals surface area contributed by atoms with Gasteiger partial charge in [-0.25, -0.2) is 19.6 Å². The summed E-state index contributed by atoms with van der Waals surface area (Å²) in [6, 6.07) is 23.7. The first-order valence-electron chi connectivity index (χ1n) is 21.7. The van der Waals surface area contributed by atoms with E-state index in [-0.39, 0.29) is 35.9 Å². The van der Waals surface area contributed by atoms with Crippen molar-refractivity contribution in [1.82, 2.24) is 40.4 Å². The van der Waals surface area contributed by atoms with Gasteiger partial charge < -0.3 is 44.4 Å². The lowest BCUT2D eigenvalue weighted by atomic mass is 9.92. The second-order valence-electron chi connectivity index (χ2n) is 17.2. The van der Waals surface area contributed by atoms with Crippen molar-refractivity contribution in [1.29, 1.82) is 0 Å². The minimum Gasteiger partial charge on any atom is -0.488 e. The molecule has 2 fully saturated rings. The molecule has 0 aliphatic carbocycles. The van der Waals surface area contributed by atoms with E-state index in [2.05, 4.69) is 68.0 Å². The molecule has 3 aliphatic heterocycles. The molecule has 63 heavy (non-hydrogen) atoms. The van der Waals surface area contributed by atoms with Gasteiger partial charge in [-0.3, -0.25) is 9.69 Å². The van der Waals surface area contributed by atoms with Crippen LogP contribution in [-0.2, 0) is 25.6 Å². The number of nitrogens with one attached hydrogen (secondary N) is 4. The smallest absolute Gasteiger partial charge is 0.407 e. The van der Waals surface area contributed by atoms with Crippen LogP contribution >= 0.6 is 0 Å². The van der Waals surface area contributed by atoms with Crippen LogP contribution in [0.4, 0.5) is 9.59 Å². The fourth-order valence-corrected chi connectivity index (χ4v) is 9.65. The maximum atomic E-state index is 14.0. The topological polar surface area (TPSA) is 176 Å². The molecule has 0 unspecified atom stereocenters. The number of H-pyrrole nitrogens is 2. The van der Waals surface area contributed by atoms with Crippen LogP contribution in [0.25, 0.3) is 44.2 Å². The van der Waals surface area contributed by atoms with Crippen molar-refractivity contribution in [2.24, 2.45) is 11.8 Å². The summed E-state index contributed by atoms with van der Waals surface area (Å²) < 4.78 is 21.8. The Kier molecular flexibility index (Phi) is 11.8. The Hall–Kier alpha value is -6.45. The van der Waals surface area contributed by atoms with Crippen LogP contribution < -0.4 is 15.4 Å². The molecule has 2 aromatic heterocycles. The van der Waals surface area contributed by atoms with Gasteiger partial charge in [0.25, 0.3) is 0 Å². The number of benzene rings is 4. The number of amides is 3. The molecule has 5 heterocycles. The number of likely N-dealkylation sites (tertiary alicyclic amines) is 2. The van der Waals surface area contributed by atoms with Gasteiger partial charge in [-0.05, 0) is 83.6 Å². The summed E-state index contributed by atoms with van der Waals surface area (Å²) >= 11 is 0. The predicted molar refractivity (Wildman–Crippen MR) is 238 cm³/mol. The minimum atomic E-state index is -0.745. The Morgan fingerprint density at radius 3 is 2.49 bits per heavy atom. The van der Waals surface area contributed by atoms with Crippen molar-refractivity contribution in [2.45, 2.75) is 63.9 Å². The molecule has 0 spiro atoms. The van der Waals surface area contributed by atoms with E-state index in [4.69, 9.17) is 28.9 Å². The molecule has 6 aromatic rings. The highest BCUT2D eigenvalue weighted by Crippen LogP contribution is 2.44. The number of ether oxygens (including phenoxy) is 4. The molecule has 328 valence electrons.